The first-order valence-corrected chi connectivity index (χ1v) is 7.48. The molecule has 0 spiro atoms. The fourth-order valence-electron chi connectivity index (χ4n) is 1.50. The molecule has 0 bridgehead atoms. The Morgan fingerprint density at radius 2 is 1.60 bits per heavy atom. The van der Waals surface area contributed by atoms with E-state index in [0.29, 0.717) is 25.2 Å². The van der Waals surface area contributed by atoms with Gasteiger partial charge in [0, 0.05) is 29.7 Å². The van der Waals surface area contributed by atoms with E-state index in [1.165, 1.54) is 0 Å². The lowest BCUT2D eigenvalue weighted by Gasteiger charge is -2.08. The number of carbonyl (C=O) groups excluding carboxylic acids is 2. The zero-order valence-electron chi connectivity index (χ0n) is 11.5. The van der Waals surface area contributed by atoms with Crippen LogP contribution in [0.2, 0.25) is 0 Å². The summed E-state index contributed by atoms with van der Waals surface area (Å²) in [7, 11) is 0. The van der Waals surface area contributed by atoms with E-state index in [1.54, 1.807) is 12.1 Å². The standard InChI is InChI=1S/C14H20BrN3O2/c1-2-3-8-17-14(20)18-10-9-16-13(19)11-4-6-12(15)7-5-11/h4-7H,2-3,8-10H2,1H3,(H,16,19)(H2,17,18,20). The second-order valence-corrected chi connectivity index (χ2v) is 5.21. The molecule has 0 saturated carbocycles. The van der Waals surface area contributed by atoms with Crippen LogP contribution in [0.15, 0.2) is 28.7 Å². The lowest BCUT2D eigenvalue weighted by Crippen LogP contribution is -2.40. The number of benzene rings is 1. The molecule has 3 amide bonds. The van der Waals surface area contributed by atoms with Crippen LogP contribution in [-0.2, 0) is 0 Å². The second kappa shape index (κ2) is 9.36. The number of amides is 3. The molecule has 1 rings (SSSR count). The number of carbonyl (C=O) groups is 2. The molecule has 20 heavy (non-hydrogen) atoms. The summed E-state index contributed by atoms with van der Waals surface area (Å²) in [6.07, 6.45) is 2.01. The molecule has 0 heterocycles. The number of urea groups is 1. The number of hydrogen-bond acceptors (Lipinski definition) is 2. The summed E-state index contributed by atoms with van der Waals surface area (Å²) >= 11 is 3.31. The summed E-state index contributed by atoms with van der Waals surface area (Å²) in [5.74, 6) is -0.148. The highest BCUT2D eigenvalue weighted by Crippen LogP contribution is 2.10. The monoisotopic (exact) mass is 341 g/mol. The van der Waals surface area contributed by atoms with Crippen molar-refractivity contribution in [2.45, 2.75) is 19.8 Å². The fraction of sp³-hybridized carbons (Fsp3) is 0.429. The van der Waals surface area contributed by atoms with E-state index in [2.05, 4.69) is 38.8 Å². The maximum Gasteiger partial charge on any atom is 0.314 e. The molecule has 0 aliphatic rings. The van der Waals surface area contributed by atoms with Gasteiger partial charge in [0.25, 0.3) is 5.91 Å². The number of halogens is 1. The summed E-state index contributed by atoms with van der Waals surface area (Å²) in [4.78, 5) is 23.1. The maximum atomic E-state index is 11.8. The van der Waals surface area contributed by atoms with Crippen LogP contribution in [0, 0.1) is 0 Å². The number of hydrogen-bond donors (Lipinski definition) is 3. The third kappa shape index (κ3) is 6.56. The van der Waals surface area contributed by atoms with Crippen molar-refractivity contribution in [2.24, 2.45) is 0 Å². The molecule has 6 heteroatoms. The Morgan fingerprint density at radius 1 is 1.00 bits per heavy atom. The van der Waals surface area contributed by atoms with E-state index in [4.69, 9.17) is 0 Å². The minimum Gasteiger partial charge on any atom is -0.350 e. The molecule has 0 unspecified atom stereocenters. The Bertz CT molecular complexity index is 435. The van der Waals surface area contributed by atoms with E-state index in [1.807, 2.05) is 12.1 Å². The Morgan fingerprint density at radius 3 is 2.25 bits per heavy atom. The molecular weight excluding hydrogens is 322 g/mol. The average Bonchev–Trinajstić information content (AvgIpc) is 2.44. The van der Waals surface area contributed by atoms with Gasteiger partial charge in [-0.3, -0.25) is 4.79 Å². The van der Waals surface area contributed by atoms with Crippen molar-refractivity contribution in [1.29, 1.82) is 0 Å². The van der Waals surface area contributed by atoms with Crippen LogP contribution in [0.4, 0.5) is 4.79 Å². The highest BCUT2D eigenvalue weighted by atomic mass is 79.9. The molecule has 0 radical (unpaired) electrons. The largest absolute Gasteiger partial charge is 0.350 e. The van der Waals surface area contributed by atoms with Gasteiger partial charge in [-0.1, -0.05) is 29.3 Å². The minimum absolute atomic E-state index is 0.148. The highest BCUT2D eigenvalue weighted by Gasteiger charge is 2.04. The van der Waals surface area contributed by atoms with Gasteiger partial charge in [-0.25, -0.2) is 4.79 Å². The molecule has 3 N–H and O–H groups in total. The van der Waals surface area contributed by atoms with Crippen molar-refractivity contribution < 1.29 is 9.59 Å². The van der Waals surface area contributed by atoms with E-state index in [0.717, 1.165) is 17.3 Å². The Hall–Kier alpha value is -1.56. The van der Waals surface area contributed by atoms with Gasteiger partial charge in [0.15, 0.2) is 0 Å². The van der Waals surface area contributed by atoms with Crippen LogP contribution in [0.1, 0.15) is 30.1 Å². The van der Waals surface area contributed by atoms with Gasteiger partial charge >= 0.3 is 6.03 Å². The second-order valence-electron chi connectivity index (χ2n) is 4.30. The first kappa shape index (κ1) is 16.5. The topological polar surface area (TPSA) is 70.2 Å². The van der Waals surface area contributed by atoms with Crippen LogP contribution >= 0.6 is 15.9 Å². The molecule has 1 aromatic carbocycles. The van der Waals surface area contributed by atoms with Crippen molar-refractivity contribution in [3.8, 4) is 0 Å². The molecule has 0 saturated heterocycles. The lowest BCUT2D eigenvalue weighted by atomic mass is 10.2. The van der Waals surface area contributed by atoms with Crippen molar-refractivity contribution in [2.75, 3.05) is 19.6 Å². The number of rotatable bonds is 7. The van der Waals surface area contributed by atoms with Gasteiger partial charge in [-0.15, -0.1) is 0 Å². The summed E-state index contributed by atoms with van der Waals surface area (Å²) in [6.45, 7) is 3.54. The molecule has 0 fully saturated rings. The van der Waals surface area contributed by atoms with Crippen LogP contribution in [0.25, 0.3) is 0 Å². The normalized spacial score (nSPS) is 9.90. The van der Waals surface area contributed by atoms with Gasteiger partial charge in [-0.05, 0) is 30.7 Å². The Labute approximate surface area is 127 Å². The van der Waals surface area contributed by atoms with Crippen LogP contribution in [0.3, 0.4) is 0 Å². The third-order valence-corrected chi connectivity index (χ3v) is 3.15. The molecular formula is C14H20BrN3O2. The van der Waals surface area contributed by atoms with Gasteiger partial charge in [0.1, 0.15) is 0 Å². The van der Waals surface area contributed by atoms with E-state index < -0.39 is 0 Å². The lowest BCUT2D eigenvalue weighted by molar-refractivity contribution is 0.0954. The van der Waals surface area contributed by atoms with Crippen LogP contribution in [-0.4, -0.2) is 31.6 Å². The van der Waals surface area contributed by atoms with Crippen molar-refractivity contribution in [3.05, 3.63) is 34.3 Å². The van der Waals surface area contributed by atoms with Gasteiger partial charge in [-0.2, -0.15) is 0 Å². The van der Waals surface area contributed by atoms with Crippen molar-refractivity contribution >= 4 is 27.9 Å². The maximum absolute atomic E-state index is 11.8. The SMILES string of the molecule is CCCCNC(=O)NCCNC(=O)c1ccc(Br)cc1. The van der Waals surface area contributed by atoms with Crippen molar-refractivity contribution in [3.63, 3.8) is 0 Å². The smallest absolute Gasteiger partial charge is 0.314 e. The third-order valence-electron chi connectivity index (χ3n) is 2.62. The molecule has 5 nitrogen and oxygen atoms in total. The molecule has 0 aliphatic carbocycles. The van der Waals surface area contributed by atoms with E-state index in [-0.39, 0.29) is 11.9 Å². The summed E-state index contributed by atoms with van der Waals surface area (Å²) < 4.78 is 0.930. The highest BCUT2D eigenvalue weighted by molar-refractivity contribution is 9.10. The minimum atomic E-state index is -0.198. The average molecular weight is 342 g/mol. The van der Waals surface area contributed by atoms with E-state index >= 15 is 0 Å². The van der Waals surface area contributed by atoms with Crippen LogP contribution in [0.5, 0.6) is 0 Å². The van der Waals surface area contributed by atoms with Gasteiger partial charge in [0.05, 0.1) is 0 Å². The van der Waals surface area contributed by atoms with Gasteiger partial charge in [0.2, 0.25) is 0 Å². The molecule has 0 aromatic heterocycles. The predicted octanol–water partition coefficient (Wildman–Crippen LogP) is 2.28. The first-order chi connectivity index (χ1) is 9.63. The summed E-state index contributed by atoms with van der Waals surface area (Å²) in [5.41, 5.74) is 0.598. The summed E-state index contributed by atoms with van der Waals surface area (Å²) in [5, 5.41) is 8.17. The van der Waals surface area contributed by atoms with Crippen molar-refractivity contribution in [1.82, 2.24) is 16.0 Å². The zero-order chi connectivity index (χ0) is 14.8. The molecule has 1 aromatic rings. The fourth-order valence-corrected chi connectivity index (χ4v) is 1.76. The first-order valence-electron chi connectivity index (χ1n) is 6.69. The van der Waals surface area contributed by atoms with Gasteiger partial charge < -0.3 is 16.0 Å². The quantitative estimate of drug-likeness (QED) is 0.666. The molecule has 0 aliphatic heterocycles. The predicted molar refractivity (Wildman–Crippen MR) is 82.8 cm³/mol. The Balaban J connectivity index is 2.16. The van der Waals surface area contributed by atoms with E-state index in [9.17, 15) is 9.59 Å². The summed E-state index contributed by atoms with van der Waals surface area (Å²) in [6, 6.07) is 6.91. The van der Waals surface area contributed by atoms with Crippen LogP contribution < -0.4 is 16.0 Å². The number of nitrogens with one attached hydrogen (secondary N) is 3. The molecule has 110 valence electrons. The zero-order valence-corrected chi connectivity index (χ0v) is 13.1. The number of unbranched alkanes of at least 4 members (excludes halogenated alkanes) is 1. The Kier molecular flexibility index (Phi) is 7.72. The molecule has 0 atom stereocenters.